The normalized spacial score (nSPS) is 31.0. The molecule has 4 rings (SSSR count). The van der Waals surface area contributed by atoms with Crippen molar-refractivity contribution in [2.24, 2.45) is 11.7 Å². The summed E-state index contributed by atoms with van der Waals surface area (Å²) < 4.78 is 23.1. The summed E-state index contributed by atoms with van der Waals surface area (Å²) in [7, 11) is 0. The van der Waals surface area contributed by atoms with Crippen LogP contribution in [0.2, 0.25) is 0 Å². The second-order valence-corrected chi connectivity index (χ2v) is 13.2. The molecule has 48 heavy (non-hydrogen) atoms. The Morgan fingerprint density at radius 3 is 2.48 bits per heavy atom. The summed E-state index contributed by atoms with van der Waals surface area (Å²) in [4.78, 5) is 47.5. The summed E-state index contributed by atoms with van der Waals surface area (Å²) >= 11 is 0. The molecule has 1 spiro atoms. The molecule has 3 fully saturated rings. The maximum Gasteiger partial charge on any atom is 0.303 e. The third kappa shape index (κ3) is 10.6. The van der Waals surface area contributed by atoms with Crippen molar-refractivity contribution in [1.82, 2.24) is 10.6 Å². The van der Waals surface area contributed by atoms with Gasteiger partial charge < -0.3 is 40.4 Å². The molecular formula is C36H49N3O9. The van der Waals surface area contributed by atoms with Gasteiger partial charge in [-0.1, -0.05) is 42.9 Å². The highest BCUT2D eigenvalue weighted by atomic mass is 16.6. The van der Waals surface area contributed by atoms with E-state index in [1.54, 1.807) is 37.3 Å². The Balaban J connectivity index is 1.25. The van der Waals surface area contributed by atoms with Gasteiger partial charge in [-0.25, -0.2) is 0 Å². The molecule has 3 heterocycles. The lowest BCUT2D eigenvalue weighted by Crippen LogP contribution is -2.50. The number of ether oxygens (including phenoxy) is 4. The molecule has 0 bridgehead atoms. The maximum atomic E-state index is 12.7. The van der Waals surface area contributed by atoms with E-state index in [-0.39, 0.29) is 42.4 Å². The van der Waals surface area contributed by atoms with Crippen LogP contribution in [-0.4, -0.2) is 83.7 Å². The second kappa shape index (κ2) is 16.5. The minimum Gasteiger partial charge on any atom is -0.459 e. The van der Waals surface area contributed by atoms with Gasteiger partial charge in [0.15, 0.2) is 0 Å². The van der Waals surface area contributed by atoms with E-state index in [0.29, 0.717) is 31.6 Å². The average molecular weight is 668 g/mol. The Morgan fingerprint density at radius 2 is 1.83 bits per heavy atom. The number of primary amides is 1. The number of benzene rings is 1. The molecule has 0 saturated carbocycles. The van der Waals surface area contributed by atoms with Gasteiger partial charge in [-0.2, -0.15) is 0 Å². The van der Waals surface area contributed by atoms with Gasteiger partial charge >= 0.3 is 5.97 Å². The first kappa shape index (κ1) is 37.0. The van der Waals surface area contributed by atoms with E-state index in [1.165, 1.54) is 13.0 Å². The summed E-state index contributed by atoms with van der Waals surface area (Å²) in [5.74, 6) is -1.16. The van der Waals surface area contributed by atoms with Crippen LogP contribution in [0.5, 0.6) is 0 Å². The number of rotatable bonds is 13. The van der Waals surface area contributed by atoms with Crippen molar-refractivity contribution in [3.05, 3.63) is 71.3 Å². The molecule has 3 aliphatic rings. The topological polar surface area (TPSA) is 179 Å². The van der Waals surface area contributed by atoms with Gasteiger partial charge in [-0.3, -0.25) is 19.2 Å². The van der Waals surface area contributed by atoms with Crippen molar-refractivity contribution in [2.75, 3.05) is 6.61 Å². The van der Waals surface area contributed by atoms with Crippen molar-refractivity contribution in [1.29, 1.82) is 0 Å². The SMILES string of the molecule is CC(=O)O[C@@H](C)/C=C\C(=O)N[C@@H]1C[C@H](C)[C@H](C/C=C(C)/C=C/[C@H]2O[C@H](CC(=O)NCc3ccc(C(N)=O)cc3)CC3(CO3)[C@@H]2O)O[C@@H]1C. The Hall–Kier alpha value is -3.84. The molecule has 12 heteroatoms. The quantitative estimate of drug-likeness (QED) is 0.107. The number of epoxide rings is 1. The number of hydrogen-bond acceptors (Lipinski definition) is 9. The lowest BCUT2D eigenvalue weighted by Gasteiger charge is -2.39. The van der Waals surface area contributed by atoms with Crippen LogP contribution in [0, 0.1) is 5.92 Å². The van der Waals surface area contributed by atoms with E-state index in [0.717, 1.165) is 17.6 Å². The highest BCUT2D eigenvalue weighted by Gasteiger charge is 2.58. The van der Waals surface area contributed by atoms with Gasteiger partial charge in [0, 0.05) is 31.5 Å². The smallest absolute Gasteiger partial charge is 0.303 e. The molecule has 3 amide bonds. The van der Waals surface area contributed by atoms with E-state index >= 15 is 0 Å². The molecule has 0 aromatic heterocycles. The fourth-order valence-electron chi connectivity index (χ4n) is 6.15. The third-order valence-corrected chi connectivity index (χ3v) is 9.06. The van der Waals surface area contributed by atoms with Crippen LogP contribution >= 0.6 is 0 Å². The Kier molecular flexibility index (Phi) is 12.7. The van der Waals surface area contributed by atoms with Crippen molar-refractivity contribution in [3.8, 4) is 0 Å². The van der Waals surface area contributed by atoms with Crippen molar-refractivity contribution < 1.29 is 43.2 Å². The van der Waals surface area contributed by atoms with Crippen LogP contribution in [0.15, 0.2) is 60.2 Å². The predicted molar refractivity (Wildman–Crippen MR) is 177 cm³/mol. The first-order chi connectivity index (χ1) is 22.7. The van der Waals surface area contributed by atoms with Gasteiger partial charge in [-0.15, -0.1) is 0 Å². The number of carbonyl (C=O) groups is 4. The molecule has 0 aliphatic carbocycles. The zero-order valence-corrected chi connectivity index (χ0v) is 28.3. The molecule has 1 aromatic rings. The summed E-state index contributed by atoms with van der Waals surface area (Å²) in [5.41, 5.74) is 6.80. The number of allylic oxidation sites excluding steroid dienone is 2. The summed E-state index contributed by atoms with van der Waals surface area (Å²) in [5, 5.41) is 16.9. The largest absolute Gasteiger partial charge is 0.459 e. The highest BCUT2D eigenvalue weighted by molar-refractivity contribution is 5.92. The van der Waals surface area contributed by atoms with Crippen LogP contribution in [-0.2, 0) is 39.9 Å². The van der Waals surface area contributed by atoms with Gasteiger partial charge in [0.2, 0.25) is 17.7 Å². The number of aliphatic hydroxyl groups excluding tert-OH is 1. The molecule has 9 atom stereocenters. The van der Waals surface area contributed by atoms with E-state index in [1.807, 2.05) is 26.0 Å². The minimum absolute atomic E-state index is 0.0281. The molecule has 0 radical (unpaired) electrons. The molecule has 5 N–H and O–H groups in total. The summed E-state index contributed by atoms with van der Waals surface area (Å²) in [6, 6.07) is 6.59. The summed E-state index contributed by atoms with van der Waals surface area (Å²) in [6.45, 7) is 9.75. The Bertz CT molecular complexity index is 1400. The zero-order chi connectivity index (χ0) is 35.0. The molecular weight excluding hydrogens is 618 g/mol. The van der Waals surface area contributed by atoms with Crippen LogP contribution in [0.3, 0.4) is 0 Å². The monoisotopic (exact) mass is 667 g/mol. The molecule has 3 aliphatic heterocycles. The third-order valence-electron chi connectivity index (χ3n) is 9.06. The minimum atomic E-state index is -0.848. The Labute approximate surface area is 282 Å². The highest BCUT2D eigenvalue weighted by Crippen LogP contribution is 2.43. The Morgan fingerprint density at radius 1 is 1.12 bits per heavy atom. The number of hydrogen-bond donors (Lipinski definition) is 4. The lowest BCUT2D eigenvalue weighted by atomic mass is 9.87. The standard InChI is InChI=1S/C36H49N3O9/c1-21(6-13-30-22(2)16-29(24(4)47-30)39-32(41)15-8-23(3)46-25(5)40)7-14-31-34(43)36(20-45-36)18-28(48-31)17-33(42)38-19-26-9-11-27(12-10-26)35(37)44/h6-12,14-15,22-24,28-31,34,43H,13,16-20H2,1-5H3,(H2,37,44)(H,38,42)(H,39,41)/b14-7+,15-8-,21-6+/t22-,23-,24+,28+,29+,30-,31+,34+,36?/m0/s1. The van der Waals surface area contributed by atoms with Gasteiger partial charge in [0.1, 0.15) is 23.9 Å². The van der Waals surface area contributed by atoms with Crippen LogP contribution in [0.4, 0.5) is 0 Å². The fraction of sp³-hybridized carbons (Fsp3) is 0.556. The second-order valence-electron chi connectivity index (χ2n) is 13.2. The van der Waals surface area contributed by atoms with E-state index in [2.05, 4.69) is 23.6 Å². The number of carbonyl (C=O) groups excluding carboxylic acids is 4. The van der Waals surface area contributed by atoms with Gasteiger partial charge in [0.25, 0.3) is 0 Å². The van der Waals surface area contributed by atoms with Crippen molar-refractivity contribution in [2.45, 2.75) is 115 Å². The molecule has 1 unspecified atom stereocenters. The number of nitrogens with one attached hydrogen (secondary N) is 2. The number of amides is 3. The van der Waals surface area contributed by atoms with E-state index in [9.17, 15) is 24.3 Å². The van der Waals surface area contributed by atoms with Crippen LogP contribution < -0.4 is 16.4 Å². The number of nitrogens with two attached hydrogens (primary N) is 1. The molecule has 262 valence electrons. The van der Waals surface area contributed by atoms with Crippen molar-refractivity contribution in [3.63, 3.8) is 0 Å². The fourth-order valence-corrected chi connectivity index (χ4v) is 6.15. The average Bonchev–Trinajstić information content (AvgIpc) is 3.80. The maximum absolute atomic E-state index is 12.7. The van der Waals surface area contributed by atoms with Gasteiger partial charge in [0.05, 0.1) is 37.4 Å². The zero-order valence-electron chi connectivity index (χ0n) is 28.3. The number of aliphatic hydroxyl groups is 1. The summed E-state index contributed by atoms with van der Waals surface area (Å²) in [6.07, 6.45) is 8.11. The lowest BCUT2D eigenvalue weighted by molar-refractivity contribution is -0.145. The first-order valence-corrected chi connectivity index (χ1v) is 16.5. The van der Waals surface area contributed by atoms with Crippen LogP contribution in [0.25, 0.3) is 0 Å². The van der Waals surface area contributed by atoms with Crippen molar-refractivity contribution >= 4 is 23.7 Å². The molecule has 12 nitrogen and oxygen atoms in total. The predicted octanol–water partition coefficient (Wildman–Crippen LogP) is 2.78. The van der Waals surface area contributed by atoms with Gasteiger partial charge in [-0.05, 0) is 63.3 Å². The molecule has 1 aromatic carbocycles. The molecule has 3 saturated heterocycles. The van der Waals surface area contributed by atoms with E-state index < -0.39 is 41.9 Å². The van der Waals surface area contributed by atoms with Crippen LogP contribution in [0.1, 0.15) is 76.2 Å². The van der Waals surface area contributed by atoms with E-state index in [4.69, 9.17) is 24.7 Å². The number of esters is 1. The first-order valence-electron chi connectivity index (χ1n) is 16.5.